The predicted molar refractivity (Wildman–Crippen MR) is 31.4 cm³/mol. The van der Waals surface area contributed by atoms with Crippen molar-refractivity contribution in [1.82, 2.24) is 0 Å². The predicted octanol–water partition coefficient (Wildman–Crippen LogP) is -5.67. The van der Waals surface area contributed by atoms with Crippen LogP contribution >= 0.6 is 0 Å². The fourth-order valence-corrected chi connectivity index (χ4v) is 0.416. The Balaban J connectivity index is 0. The number of aliphatic carboxylic acids is 1. The monoisotopic (exact) mass is 168 g/mol. The van der Waals surface area contributed by atoms with Crippen LogP contribution in [0, 0.1) is 0 Å². The summed E-state index contributed by atoms with van der Waals surface area (Å²) >= 11 is 0. The van der Waals surface area contributed by atoms with Crippen LogP contribution < -0.4 is 46.1 Å². The molecule has 11 heavy (non-hydrogen) atoms. The maximum atomic E-state index is 10.1. The quantitative estimate of drug-likeness (QED) is 0.407. The summed E-state index contributed by atoms with van der Waals surface area (Å²) in [5.41, 5.74) is 9.73. The van der Waals surface area contributed by atoms with Gasteiger partial charge in [0, 0.05) is 12.5 Å². The Morgan fingerprint density at radius 2 is 1.91 bits per heavy atom. The van der Waals surface area contributed by atoms with Crippen LogP contribution in [0.1, 0.15) is 12.8 Å². The number of carboxylic acid groups (broad SMARTS) is 1. The standard InChI is InChI=1S/C5H10N2O3.Na/c6-3(5(9)10)1-2-4(7)8;/h3H,1-2,6H2,(H2,7,8)(H,9,10);/q;+1/p-1. The summed E-state index contributed by atoms with van der Waals surface area (Å²) in [5.74, 6) is -1.92. The van der Waals surface area contributed by atoms with Gasteiger partial charge in [0.2, 0.25) is 5.91 Å². The zero-order chi connectivity index (χ0) is 8.15. The van der Waals surface area contributed by atoms with Gasteiger partial charge >= 0.3 is 29.6 Å². The number of primary amides is 1. The van der Waals surface area contributed by atoms with Crippen LogP contribution in [0.3, 0.4) is 0 Å². The molecule has 0 aromatic heterocycles. The average Bonchev–Trinajstić information content (AvgIpc) is 1.82. The van der Waals surface area contributed by atoms with Crippen molar-refractivity contribution < 1.29 is 44.3 Å². The smallest absolute Gasteiger partial charge is 0.548 e. The summed E-state index contributed by atoms with van der Waals surface area (Å²) < 4.78 is 0. The van der Waals surface area contributed by atoms with Crippen LogP contribution in [-0.2, 0) is 9.59 Å². The van der Waals surface area contributed by atoms with Gasteiger partial charge in [0.25, 0.3) is 0 Å². The molecule has 0 bridgehead atoms. The first-order chi connectivity index (χ1) is 4.54. The van der Waals surface area contributed by atoms with Gasteiger partial charge in [-0.15, -0.1) is 0 Å². The van der Waals surface area contributed by atoms with Gasteiger partial charge in [-0.05, 0) is 6.42 Å². The summed E-state index contributed by atoms with van der Waals surface area (Å²) in [7, 11) is 0. The van der Waals surface area contributed by atoms with E-state index in [1.165, 1.54) is 0 Å². The van der Waals surface area contributed by atoms with E-state index in [0.717, 1.165) is 0 Å². The molecule has 0 saturated heterocycles. The van der Waals surface area contributed by atoms with Crippen molar-refractivity contribution in [3.8, 4) is 0 Å². The largest absolute Gasteiger partial charge is 1.00 e. The first-order valence-electron chi connectivity index (χ1n) is 2.78. The third-order valence-corrected chi connectivity index (χ3v) is 1.00. The fraction of sp³-hybridized carbons (Fsp3) is 0.600. The van der Waals surface area contributed by atoms with E-state index in [4.69, 9.17) is 11.5 Å². The van der Waals surface area contributed by atoms with Gasteiger partial charge in [-0.2, -0.15) is 0 Å². The molecular formula is C5H9N2NaO3. The first-order valence-corrected chi connectivity index (χ1v) is 2.78. The first kappa shape index (κ1) is 13.5. The number of rotatable bonds is 4. The maximum Gasteiger partial charge on any atom is 1.00 e. The fourth-order valence-electron chi connectivity index (χ4n) is 0.416. The number of carbonyl (C=O) groups is 2. The van der Waals surface area contributed by atoms with E-state index in [1.807, 2.05) is 0 Å². The Kier molecular flexibility index (Phi) is 8.09. The molecular weight excluding hydrogens is 159 g/mol. The zero-order valence-electron chi connectivity index (χ0n) is 6.37. The van der Waals surface area contributed by atoms with Crippen LogP contribution in [0.5, 0.6) is 0 Å². The summed E-state index contributed by atoms with van der Waals surface area (Å²) in [6.45, 7) is 0. The number of nitrogens with two attached hydrogens (primary N) is 2. The number of amides is 1. The van der Waals surface area contributed by atoms with Crippen LogP contribution in [0.4, 0.5) is 0 Å². The number of carbonyl (C=O) groups excluding carboxylic acids is 2. The van der Waals surface area contributed by atoms with Gasteiger partial charge in [-0.25, -0.2) is 0 Å². The second-order valence-electron chi connectivity index (χ2n) is 1.93. The molecule has 6 heteroatoms. The van der Waals surface area contributed by atoms with Crippen LogP contribution in [0.25, 0.3) is 0 Å². The second kappa shape index (κ2) is 6.60. The molecule has 1 atom stereocenters. The number of hydrogen-bond acceptors (Lipinski definition) is 4. The van der Waals surface area contributed by atoms with Crippen LogP contribution in [0.2, 0.25) is 0 Å². The van der Waals surface area contributed by atoms with Crippen LogP contribution in [-0.4, -0.2) is 17.9 Å². The molecule has 5 nitrogen and oxygen atoms in total. The van der Waals surface area contributed by atoms with Crippen molar-refractivity contribution in [2.75, 3.05) is 0 Å². The van der Waals surface area contributed by atoms with Gasteiger partial charge in [0.05, 0.1) is 5.97 Å². The van der Waals surface area contributed by atoms with Gasteiger partial charge in [0.1, 0.15) is 0 Å². The minimum absolute atomic E-state index is 0. The molecule has 0 aliphatic rings. The molecule has 0 aromatic rings. The van der Waals surface area contributed by atoms with E-state index in [-0.39, 0.29) is 42.4 Å². The third-order valence-electron chi connectivity index (χ3n) is 1.00. The summed E-state index contributed by atoms with van der Waals surface area (Å²) in [6, 6.07) is -1.09. The molecule has 1 unspecified atom stereocenters. The third kappa shape index (κ3) is 7.80. The molecule has 0 saturated carbocycles. The van der Waals surface area contributed by atoms with E-state index >= 15 is 0 Å². The Morgan fingerprint density at radius 3 is 2.18 bits per heavy atom. The molecule has 1 amide bonds. The Morgan fingerprint density at radius 1 is 1.45 bits per heavy atom. The Hall–Kier alpha value is -0.100. The van der Waals surface area contributed by atoms with Crippen molar-refractivity contribution in [2.45, 2.75) is 18.9 Å². The molecule has 58 valence electrons. The van der Waals surface area contributed by atoms with Crippen molar-refractivity contribution in [3.63, 3.8) is 0 Å². The van der Waals surface area contributed by atoms with Crippen molar-refractivity contribution in [2.24, 2.45) is 11.5 Å². The van der Waals surface area contributed by atoms with Crippen LogP contribution in [0.15, 0.2) is 0 Å². The topological polar surface area (TPSA) is 109 Å². The minimum atomic E-state index is -1.36. The van der Waals surface area contributed by atoms with E-state index in [0.29, 0.717) is 0 Å². The molecule has 0 aliphatic carbocycles. The molecule has 4 N–H and O–H groups in total. The van der Waals surface area contributed by atoms with E-state index in [9.17, 15) is 14.7 Å². The normalized spacial score (nSPS) is 11.4. The van der Waals surface area contributed by atoms with Gasteiger partial charge in [-0.1, -0.05) is 0 Å². The molecule has 0 radical (unpaired) electrons. The molecule has 0 heterocycles. The van der Waals surface area contributed by atoms with E-state index in [2.05, 4.69) is 0 Å². The van der Waals surface area contributed by atoms with Gasteiger partial charge < -0.3 is 21.4 Å². The van der Waals surface area contributed by atoms with Gasteiger partial charge in [-0.3, -0.25) is 4.79 Å². The average molecular weight is 168 g/mol. The molecule has 0 fully saturated rings. The molecule has 0 aromatic carbocycles. The maximum absolute atomic E-state index is 10.1. The minimum Gasteiger partial charge on any atom is -0.548 e. The Labute approximate surface area is 86.4 Å². The number of hydrogen-bond donors (Lipinski definition) is 2. The van der Waals surface area contributed by atoms with E-state index in [1.54, 1.807) is 0 Å². The number of carboxylic acids is 1. The van der Waals surface area contributed by atoms with E-state index < -0.39 is 17.9 Å². The molecule has 0 rings (SSSR count). The zero-order valence-corrected chi connectivity index (χ0v) is 8.37. The van der Waals surface area contributed by atoms with Crippen molar-refractivity contribution >= 4 is 11.9 Å². The molecule has 0 spiro atoms. The summed E-state index contributed by atoms with van der Waals surface area (Å²) in [6.07, 6.45) is 0.0206. The Bertz CT molecular complexity index is 151. The summed E-state index contributed by atoms with van der Waals surface area (Å²) in [5, 5.41) is 9.92. The SMILES string of the molecule is NC(=O)CCC(N)C(=O)[O-].[Na+]. The van der Waals surface area contributed by atoms with Gasteiger partial charge in [0.15, 0.2) is 0 Å². The second-order valence-corrected chi connectivity index (χ2v) is 1.93. The molecule has 0 aliphatic heterocycles. The van der Waals surface area contributed by atoms with Crippen molar-refractivity contribution in [3.05, 3.63) is 0 Å². The summed E-state index contributed by atoms with van der Waals surface area (Å²) in [4.78, 5) is 20.0. The van der Waals surface area contributed by atoms with Crippen molar-refractivity contribution in [1.29, 1.82) is 0 Å².